The summed E-state index contributed by atoms with van der Waals surface area (Å²) in [5, 5.41) is 4.12. The molecule has 0 bridgehead atoms. The van der Waals surface area contributed by atoms with Crippen LogP contribution in [0.15, 0.2) is 18.3 Å². The maximum atomic E-state index is 12.5. The predicted octanol–water partition coefficient (Wildman–Crippen LogP) is 1.12. The van der Waals surface area contributed by atoms with Gasteiger partial charge in [0.05, 0.1) is 16.9 Å². The fraction of sp³-hybridized carbons (Fsp3) is 0.647. The third kappa shape index (κ3) is 3.89. The molecule has 3 saturated heterocycles. The molecule has 0 aliphatic carbocycles. The molecule has 0 aromatic carbocycles. The zero-order valence-electron chi connectivity index (χ0n) is 14.2. The molecule has 8 heteroatoms. The molecule has 3 aliphatic rings. The zero-order chi connectivity index (χ0) is 17.2. The van der Waals surface area contributed by atoms with Crippen LogP contribution in [-0.4, -0.2) is 83.7 Å². The maximum Gasteiger partial charge on any atom is 0.240 e. The second-order valence-electron chi connectivity index (χ2n) is 6.85. The Morgan fingerprint density at radius 3 is 2.76 bits per heavy atom. The average molecular weight is 382 g/mol. The first kappa shape index (κ1) is 17.4. The first-order valence-corrected chi connectivity index (χ1v) is 10.4. The van der Waals surface area contributed by atoms with Crippen LogP contribution in [0.25, 0.3) is 0 Å². The van der Waals surface area contributed by atoms with Crippen LogP contribution in [0.3, 0.4) is 0 Å². The van der Waals surface area contributed by atoms with Crippen molar-refractivity contribution in [3.05, 3.63) is 23.4 Å². The van der Waals surface area contributed by atoms with Gasteiger partial charge < -0.3 is 15.1 Å². The molecule has 0 unspecified atom stereocenters. The van der Waals surface area contributed by atoms with Crippen molar-refractivity contribution < 1.29 is 4.79 Å². The number of hydrogen-bond acceptors (Lipinski definition) is 6. The summed E-state index contributed by atoms with van der Waals surface area (Å²) in [5.74, 6) is 3.21. The monoisotopic (exact) mass is 381 g/mol. The summed E-state index contributed by atoms with van der Waals surface area (Å²) < 4.78 is 0. The molecule has 0 spiro atoms. The Bertz CT molecular complexity index is 602. The number of thioether (sulfide) groups is 1. The van der Waals surface area contributed by atoms with Crippen LogP contribution in [-0.2, 0) is 4.79 Å². The second kappa shape index (κ2) is 7.70. The number of hydrogen-bond donors (Lipinski definition) is 1. The molecule has 136 valence electrons. The molecule has 6 nitrogen and oxygen atoms in total. The highest BCUT2D eigenvalue weighted by atomic mass is 35.5. The molecular weight excluding hydrogens is 358 g/mol. The van der Waals surface area contributed by atoms with E-state index in [4.69, 9.17) is 11.6 Å². The van der Waals surface area contributed by atoms with Crippen LogP contribution in [0.1, 0.15) is 6.42 Å². The minimum atomic E-state index is -0.000313. The number of rotatable bonds is 3. The van der Waals surface area contributed by atoms with E-state index in [-0.39, 0.29) is 11.9 Å². The van der Waals surface area contributed by atoms with Crippen LogP contribution in [0.2, 0.25) is 5.02 Å². The van der Waals surface area contributed by atoms with E-state index in [0.717, 1.165) is 63.1 Å². The molecule has 4 rings (SSSR count). The summed E-state index contributed by atoms with van der Waals surface area (Å²) in [6.45, 7) is 5.77. The molecule has 1 aromatic rings. The average Bonchev–Trinajstić information content (AvgIpc) is 3.34. The second-order valence-corrected chi connectivity index (χ2v) is 8.36. The van der Waals surface area contributed by atoms with Crippen molar-refractivity contribution in [2.24, 2.45) is 0 Å². The van der Waals surface area contributed by atoms with Gasteiger partial charge >= 0.3 is 0 Å². The number of aromatic nitrogens is 1. The highest BCUT2D eigenvalue weighted by Gasteiger charge is 2.36. The number of halogens is 1. The molecule has 0 saturated carbocycles. The summed E-state index contributed by atoms with van der Waals surface area (Å²) >= 11 is 7.76. The molecule has 2 atom stereocenters. The number of piperazine rings is 1. The number of pyridine rings is 1. The van der Waals surface area contributed by atoms with Gasteiger partial charge in [0.2, 0.25) is 5.91 Å². The molecule has 25 heavy (non-hydrogen) atoms. The van der Waals surface area contributed by atoms with Crippen LogP contribution >= 0.6 is 23.4 Å². The lowest BCUT2D eigenvalue weighted by Gasteiger charge is -2.38. The van der Waals surface area contributed by atoms with E-state index >= 15 is 0 Å². The predicted molar refractivity (Wildman–Crippen MR) is 102 cm³/mol. The number of carbonyl (C=O) groups excluding carboxylic acids is 1. The van der Waals surface area contributed by atoms with Crippen LogP contribution in [0.4, 0.5) is 5.82 Å². The topological polar surface area (TPSA) is 51.7 Å². The molecule has 1 aromatic heterocycles. The fourth-order valence-corrected chi connectivity index (χ4v) is 4.93. The molecule has 4 heterocycles. The summed E-state index contributed by atoms with van der Waals surface area (Å²) in [7, 11) is 0. The number of nitrogens with one attached hydrogen (secondary N) is 1. The lowest BCUT2D eigenvalue weighted by Crippen LogP contribution is -2.51. The third-order valence-electron chi connectivity index (χ3n) is 5.34. The van der Waals surface area contributed by atoms with Gasteiger partial charge in [-0.05, 0) is 18.6 Å². The highest BCUT2D eigenvalue weighted by Crippen LogP contribution is 2.22. The Morgan fingerprint density at radius 2 is 2.08 bits per heavy atom. The van der Waals surface area contributed by atoms with Crippen molar-refractivity contribution >= 4 is 35.1 Å². The SMILES string of the molecule is O=C([C@@H]1C[C@H](N2CCN(c3ccc(Cl)cn3)CC2)CN1)N1CCSC1. The van der Waals surface area contributed by atoms with Gasteiger partial charge in [-0.3, -0.25) is 9.69 Å². The molecule has 0 radical (unpaired) electrons. The number of amides is 1. The van der Waals surface area contributed by atoms with E-state index in [1.807, 2.05) is 28.8 Å². The molecular formula is C17H24ClN5OS. The van der Waals surface area contributed by atoms with Crippen molar-refractivity contribution in [3.63, 3.8) is 0 Å². The minimum Gasteiger partial charge on any atom is -0.354 e. The molecule has 3 aliphatic heterocycles. The normalized spacial score (nSPS) is 27.9. The molecule has 1 amide bonds. The maximum absolute atomic E-state index is 12.5. The van der Waals surface area contributed by atoms with Gasteiger partial charge in [-0.2, -0.15) is 0 Å². The van der Waals surface area contributed by atoms with Crippen molar-refractivity contribution in [2.75, 3.05) is 55.8 Å². The Kier molecular flexibility index (Phi) is 5.36. The van der Waals surface area contributed by atoms with Gasteiger partial charge in [-0.25, -0.2) is 4.98 Å². The van der Waals surface area contributed by atoms with Crippen molar-refractivity contribution in [1.29, 1.82) is 0 Å². The van der Waals surface area contributed by atoms with Crippen LogP contribution in [0.5, 0.6) is 0 Å². The Hall–Kier alpha value is -1.02. The Morgan fingerprint density at radius 1 is 1.24 bits per heavy atom. The van der Waals surface area contributed by atoms with E-state index < -0.39 is 0 Å². The lowest BCUT2D eigenvalue weighted by atomic mass is 10.1. The van der Waals surface area contributed by atoms with Gasteiger partial charge in [0.25, 0.3) is 0 Å². The van der Waals surface area contributed by atoms with E-state index in [9.17, 15) is 4.79 Å². The number of anilines is 1. The van der Waals surface area contributed by atoms with E-state index in [0.29, 0.717) is 11.1 Å². The molecule has 3 fully saturated rings. The first-order chi connectivity index (χ1) is 12.2. The summed E-state index contributed by atoms with van der Waals surface area (Å²) in [5.41, 5.74) is 0. The van der Waals surface area contributed by atoms with Crippen LogP contribution in [0, 0.1) is 0 Å². The highest BCUT2D eigenvalue weighted by molar-refractivity contribution is 7.99. The van der Waals surface area contributed by atoms with E-state index in [1.165, 1.54) is 0 Å². The summed E-state index contributed by atoms with van der Waals surface area (Å²) in [6, 6.07) is 4.34. The van der Waals surface area contributed by atoms with Gasteiger partial charge in [0.1, 0.15) is 5.82 Å². The Labute approximate surface area is 157 Å². The Balaban J connectivity index is 1.28. The van der Waals surface area contributed by atoms with Crippen molar-refractivity contribution in [1.82, 2.24) is 20.1 Å². The van der Waals surface area contributed by atoms with Crippen molar-refractivity contribution in [2.45, 2.75) is 18.5 Å². The number of carbonyl (C=O) groups is 1. The standard InChI is InChI=1S/C17H24ClN5OS/c18-13-1-2-16(20-10-13)22-5-3-21(4-6-22)14-9-15(19-11-14)17(24)23-7-8-25-12-23/h1-2,10,14-15,19H,3-9,11-12H2/t14-,15-/m0/s1. The van der Waals surface area contributed by atoms with E-state index in [1.54, 1.807) is 6.20 Å². The lowest BCUT2D eigenvalue weighted by molar-refractivity contribution is -0.131. The quantitative estimate of drug-likeness (QED) is 0.846. The zero-order valence-corrected chi connectivity index (χ0v) is 15.8. The van der Waals surface area contributed by atoms with Gasteiger partial charge in [-0.1, -0.05) is 11.6 Å². The molecule has 1 N–H and O–H groups in total. The van der Waals surface area contributed by atoms with Gasteiger partial charge in [0, 0.05) is 57.3 Å². The minimum absolute atomic E-state index is 0.000313. The van der Waals surface area contributed by atoms with Crippen LogP contribution < -0.4 is 10.2 Å². The van der Waals surface area contributed by atoms with Crippen molar-refractivity contribution in [3.8, 4) is 0 Å². The van der Waals surface area contributed by atoms with Gasteiger partial charge in [-0.15, -0.1) is 11.8 Å². The van der Waals surface area contributed by atoms with Gasteiger partial charge in [0.15, 0.2) is 0 Å². The summed E-state index contributed by atoms with van der Waals surface area (Å²) in [6.07, 6.45) is 2.64. The summed E-state index contributed by atoms with van der Waals surface area (Å²) in [4.78, 5) is 23.8. The number of nitrogens with zero attached hydrogens (tertiary/aromatic N) is 4. The first-order valence-electron chi connectivity index (χ1n) is 8.91. The fourth-order valence-electron chi connectivity index (χ4n) is 3.86. The largest absolute Gasteiger partial charge is 0.354 e. The van der Waals surface area contributed by atoms with E-state index in [2.05, 4.69) is 20.1 Å². The smallest absolute Gasteiger partial charge is 0.240 e. The third-order valence-corrected chi connectivity index (χ3v) is 6.53.